The second-order valence-corrected chi connectivity index (χ2v) is 7.84. The van der Waals surface area contributed by atoms with Gasteiger partial charge in [-0.25, -0.2) is 0 Å². The van der Waals surface area contributed by atoms with E-state index in [0.717, 1.165) is 18.5 Å². The highest BCUT2D eigenvalue weighted by Gasteiger charge is 2.54. The molecule has 0 aliphatic carbocycles. The molecule has 3 fully saturated rings. The van der Waals surface area contributed by atoms with Crippen LogP contribution in [0.25, 0.3) is 0 Å². The van der Waals surface area contributed by atoms with Gasteiger partial charge in [0.1, 0.15) is 0 Å². The Morgan fingerprint density at radius 3 is 2.12 bits per heavy atom. The highest BCUT2D eigenvalue weighted by atomic mass is 16.2. The second-order valence-electron chi connectivity index (χ2n) is 7.84. The van der Waals surface area contributed by atoms with Crippen molar-refractivity contribution in [1.82, 2.24) is 14.7 Å². The minimum Gasteiger partial charge on any atom is -0.339 e. The zero-order valence-electron chi connectivity index (χ0n) is 15.3. The van der Waals surface area contributed by atoms with Gasteiger partial charge < -0.3 is 4.90 Å². The zero-order valence-corrected chi connectivity index (χ0v) is 15.3. The maximum atomic E-state index is 12.8. The van der Waals surface area contributed by atoms with E-state index in [4.69, 9.17) is 0 Å². The molecule has 3 aliphatic heterocycles. The monoisotopic (exact) mass is 355 g/mol. The molecule has 138 valence electrons. The molecule has 0 radical (unpaired) electrons. The van der Waals surface area contributed by atoms with Crippen molar-refractivity contribution >= 4 is 17.7 Å². The van der Waals surface area contributed by atoms with Crippen molar-refractivity contribution in [2.24, 2.45) is 11.8 Å². The molecule has 0 bridgehead atoms. The van der Waals surface area contributed by atoms with E-state index >= 15 is 0 Å². The maximum absolute atomic E-state index is 12.8. The summed E-state index contributed by atoms with van der Waals surface area (Å²) < 4.78 is 0. The first kappa shape index (κ1) is 17.2. The number of imide groups is 1. The molecule has 4 rings (SSSR count). The Hall–Kier alpha value is -2.21. The molecule has 1 aromatic rings. The molecule has 0 saturated carbocycles. The lowest BCUT2D eigenvalue weighted by Crippen LogP contribution is -2.44. The number of fused-ring (bicyclic) bond motifs is 1. The molecule has 3 atom stereocenters. The zero-order chi connectivity index (χ0) is 18.4. The summed E-state index contributed by atoms with van der Waals surface area (Å²) >= 11 is 0. The van der Waals surface area contributed by atoms with Gasteiger partial charge in [-0.1, -0.05) is 30.3 Å². The maximum Gasteiger partial charge on any atom is 0.240 e. The largest absolute Gasteiger partial charge is 0.339 e. The van der Waals surface area contributed by atoms with Crippen LogP contribution in [0.5, 0.6) is 0 Å². The molecule has 3 aliphatic rings. The van der Waals surface area contributed by atoms with Gasteiger partial charge in [-0.05, 0) is 25.8 Å². The van der Waals surface area contributed by atoms with E-state index in [2.05, 4.69) is 4.90 Å². The Balaban J connectivity index is 1.44. The first-order valence-electron chi connectivity index (χ1n) is 9.41. The summed E-state index contributed by atoms with van der Waals surface area (Å²) in [6.45, 7) is 6.18. The Morgan fingerprint density at radius 1 is 0.962 bits per heavy atom. The molecule has 1 aromatic carbocycles. The van der Waals surface area contributed by atoms with Crippen molar-refractivity contribution in [1.29, 1.82) is 0 Å². The summed E-state index contributed by atoms with van der Waals surface area (Å²) in [5.41, 5.74) is 0.963. The van der Waals surface area contributed by atoms with Crippen LogP contribution in [0.3, 0.4) is 0 Å². The van der Waals surface area contributed by atoms with E-state index in [-0.39, 0.29) is 41.6 Å². The average Bonchev–Trinajstić information content (AvgIpc) is 3.27. The van der Waals surface area contributed by atoms with Crippen LogP contribution in [0.15, 0.2) is 30.3 Å². The highest BCUT2D eigenvalue weighted by Crippen LogP contribution is 2.36. The normalized spacial score (nSPS) is 29.3. The summed E-state index contributed by atoms with van der Waals surface area (Å²) in [6.07, 6.45) is 0.784. The molecule has 3 unspecified atom stereocenters. The summed E-state index contributed by atoms with van der Waals surface area (Å²) in [5, 5.41) is 0. The molecule has 6 heteroatoms. The molecule has 3 amide bonds. The first-order valence-corrected chi connectivity index (χ1v) is 9.41. The van der Waals surface area contributed by atoms with Crippen molar-refractivity contribution in [3.8, 4) is 0 Å². The molecule has 0 aromatic heterocycles. The van der Waals surface area contributed by atoms with E-state index < -0.39 is 0 Å². The lowest BCUT2D eigenvalue weighted by atomic mass is 10.00. The third-order valence-electron chi connectivity index (χ3n) is 5.97. The lowest BCUT2D eigenvalue weighted by molar-refractivity contribution is -0.142. The second kappa shape index (κ2) is 6.50. The van der Waals surface area contributed by atoms with Gasteiger partial charge in [0.25, 0.3) is 0 Å². The molecular formula is C20H25N3O3. The van der Waals surface area contributed by atoms with Crippen LogP contribution >= 0.6 is 0 Å². The van der Waals surface area contributed by atoms with Crippen molar-refractivity contribution in [3.05, 3.63) is 35.9 Å². The number of hydrogen-bond acceptors (Lipinski definition) is 4. The fourth-order valence-electron chi connectivity index (χ4n) is 4.56. The minimum absolute atomic E-state index is 0.0856. The number of benzene rings is 1. The third-order valence-corrected chi connectivity index (χ3v) is 5.97. The summed E-state index contributed by atoms with van der Waals surface area (Å²) in [6, 6.07) is 9.62. The number of carbonyl (C=O) groups excluding carboxylic acids is 3. The van der Waals surface area contributed by atoms with Crippen molar-refractivity contribution in [2.45, 2.75) is 38.9 Å². The van der Waals surface area contributed by atoms with Gasteiger partial charge in [0.05, 0.1) is 24.4 Å². The number of rotatable bonds is 4. The van der Waals surface area contributed by atoms with Gasteiger partial charge in [0.2, 0.25) is 17.7 Å². The predicted octanol–water partition coefficient (Wildman–Crippen LogP) is 1.11. The van der Waals surface area contributed by atoms with Crippen LogP contribution < -0.4 is 0 Å². The van der Waals surface area contributed by atoms with Crippen molar-refractivity contribution < 1.29 is 14.4 Å². The van der Waals surface area contributed by atoms with Gasteiger partial charge >= 0.3 is 0 Å². The molecule has 0 spiro atoms. The van der Waals surface area contributed by atoms with Gasteiger partial charge in [0, 0.05) is 25.7 Å². The molecule has 6 nitrogen and oxygen atoms in total. The van der Waals surface area contributed by atoms with Gasteiger partial charge in [-0.3, -0.25) is 24.2 Å². The highest BCUT2D eigenvalue weighted by molar-refractivity contribution is 6.05. The summed E-state index contributed by atoms with van der Waals surface area (Å²) in [7, 11) is 0. The standard InChI is InChI=1S/C20H25N3O3/c1-13(2)22-9-8-17(20(22)26)21-11-15-16(12-21)19(25)23(18(15)24)10-14-6-4-3-5-7-14/h3-7,13,15-17H,8-12H2,1-2H3. The minimum atomic E-state index is -0.299. The Labute approximate surface area is 153 Å². The SMILES string of the molecule is CC(C)N1CCC(N2CC3C(=O)N(Cc4ccccc4)C(=O)C3C2)C1=O. The third kappa shape index (κ3) is 2.72. The van der Waals surface area contributed by atoms with E-state index in [1.54, 1.807) is 0 Å². The molecule has 3 saturated heterocycles. The van der Waals surface area contributed by atoms with Gasteiger partial charge in [-0.15, -0.1) is 0 Å². The molecule has 26 heavy (non-hydrogen) atoms. The van der Waals surface area contributed by atoms with Crippen LogP contribution in [0.4, 0.5) is 0 Å². The van der Waals surface area contributed by atoms with Crippen LogP contribution in [-0.2, 0) is 20.9 Å². The fraction of sp³-hybridized carbons (Fsp3) is 0.550. The Morgan fingerprint density at radius 2 is 1.58 bits per heavy atom. The Kier molecular flexibility index (Phi) is 4.31. The number of likely N-dealkylation sites (tertiary alicyclic amines) is 3. The van der Waals surface area contributed by atoms with Crippen LogP contribution in [0.2, 0.25) is 0 Å². The summed E-state index contributed by atoms with van der Waals surface area (Å²) in [4.78, 5) is 43.6. The molecular weight excluding hydrogens is 330 g/mol. The molecule has 3 heterocycles. The summed E-state index contributed by atoms with van der Waals surface area (Å²) in [5.74, 6) is -0.629. The topological polar surface area (TPSA) is 60.9 Å². The first-order chi connectivity index (χ1) is 12.5. The van der Waals surface area contributed by atoms with Crippen molar-refractivity contribution in [3.63, 3.8) is 0 Å². The van der Waals surface area contributed by atoms with E-state index in [0.29, 0.717) is 19.6 Å². The number of carbonyl (C=O) groups is 3. The van der Waals surface area contributed by atoms with Crippen LogP contribution in [-0.4, -0.2) is 64.1 Å². The quantitative estimate of drug-likeness (QED) is 0.759. The number of amides is 3. The van der Waals surface area contributed by atoms with Gasteiger partial charge in [-0.2, -0.15) is 0 Å². The smallest absolute Gasteiger partial charge is 0.240 e. The average molecular weight is 355 g/mol. The number of nitrogens with zero attached hydrogens (tertiary/aromatic N) is 3. The van der Waals surface area contributed by atoms with Crippen molar-refractivity contribution in [2.75, 3.05) is 19.6 Å². The van der Waals surface area contributed by atoms with Crippen LogP contribution in [0, 0.1) is 11.8 Å². The Bertz CT molecular complexity index is 709. The molecule has 0 N–H and O–H groups in total. The van der Waals surface area contributed by atoms with Crippen LogP contribution in [0.1, 0.15) is 25.8 Å². The van der Waals surface area contributed by atoms with E-state index in [1.807, 2.05) is 49.1 Å². The van der Waals surface area contributed by atoms with E-state index in [1.165, 1.54) is 4.90 Å². The van der Waals surface area contributed by atoms with Gasteiger partial charge in [0.15, 0.2) is 0 Å². The fourth-order valence-corrected chi connectivity index (χ4v) is 4.56. The predicted molar refractivity (Wildman–Crippen MR) is 95.8 cm³/mol. The lowest BCUT2D eigenvalue weighted by Gasteiger charge is -2.26. The van der Waals surface area contributed by atoms with E-state index in [9.17, 15) is 14.4 Å². The number of hydrogen-bond donors (Lipinski definition) is 0.